The highest BCUT2D eigenvalue weighted by Gasteiger charge is 2.31. The molecule has 1 fully saturated rings. The number of benzene rings is 3. The largest absolute Gasteiger partial charge is 0.489 e. The van der Waals surface area contributed by atoms with Crippen molar-refractivity contribution in [2.24, 2.45) is 0 Å². The lowest BCUT2D eigenvalue weighted by molar-refractivity contribution is 0.0673. The van der Waals surface area contributed by atoms with Crippen molar-refractivity contribution in [2.75, 3.05) is 13.1 Å². The van der Waals surface area contributed by atoms with Gasteiger partial charge >= 0.3 is 0 Å². The van der Waals surface area contributed by atoms with Crippen LogP contribution in [-0.2, 0) is 6.61 Å². The average molecular weight is 453 g/mol. The Morgan fingerprint density at radius 3 is 2.38 bits per heavy atom. The van der Waals surface area contributed by atoms with Gasteiger partial charge in [-0.1, -0.05) is 48.5 Å². The van der Waals surface area contributed by atoms with Crippen LogP contribution in [0.25, 0.3) is 22.1 Å². The first kappa shape index (κ1) is 20.5. The van der Waals surface area contributed by atoms with E-state index in [1.54, 1.807) is 0 Å². The molecule has 3 aromatic carbocycles. The summed E-state index contributed by atoms with van der Waals surface area (Å²) < 4.78 is 18.0. The normalized spacial score (nSPS) is 14.6. The second-order valence-electron chi connectivity index (χ2n) is 8.59. The lowest BCUT2D eigenvalue weighted by Gasteiger charge is -2.30. The van der Waals surface area contributed by atoms with E-state index >= 15 is 0 Å². The third kappa shape index (κ3) is 3.81. The summed E-state index contributed by atoms with van der Waals surface area (Å²) in [6, 6.07) is 25.1. The number of carbonyl (C=O) groups excluding carboxylic acids is 1. The maximum atomic E-state index is 13.5. The second-order valence-corrected chi connectivity index (χ2v) is 8.59. The van der Waals surface area contributed by atoms with Gasteiger partial charge in [0.25, 0.3) is 5.91 Å². The van der Waals surface area contributed by atoms with Gasteiger partial charge in [0.1, 0.15) is 23.5 Å². The first-order valence-corrected chi connectivity index (χ1v) is 11.6. The molecule has 0 spiro atoms. The van der Waals surface area contributed by atoms with Gasteiger partial charge in [-0.3, -0.25) is 4.79 Å². The fourth-order valence-corrected chi connectivity index (χ4v) is 4.62. The maximum absolute atomic E-state index is 13.5. The number of carbonyl (C=O) groups is 1. The number of para-hydroxylation sites is 4. The first-order valence-electron chi connectivity index (χ1n) is 11.6. The molecule has 34 heavy (non-hydrogen) atoms. The number of oxazole rings is 1. The van der Waals surface area contributed by atoms with Crippen LogP contribution in [0.5, 0.6) is 5.75 Å². The molecule has 0 unspecified atom stereocenters. The maximum Gasteiger partial charge on any atom is 0.290 e. The van der Waals surface area contributed by atoms with Crippen molar-refractivity contribution in [3.63, 3.8) is 0 Å². The van der Waals surface area contributed by atoms with Crippen molar-refractivity contribution in [3.05, 3.63) is 96.1 Å². The quantitative estimate of drug-likeness (QED) is 0.319. The highest BCUT2D eigenvalue weighted by atomic mass is 16.5. The van der Waals surface area contributed by atoms with Crippen LogP contribution in [0.15, 0.2) is 87.7 Å². The number of aromatic nitrogens is 1. The van der Waals surface area contributed by atoms with Crippen LogP contribution in [-0.4, -0.2) is 28.9 Å². The van der Waals surface area contributed by atoms with Crippen LogP contribution >= 0.6 is 0 Å². The van der Waals surface area contributed by atoms with Crippen LogP contribution < -0.4 is 4.74 Å². The Morgan fingerprint density at radius 1 is 0.882 bits per heavy atom. The molecular weight excluding hydrogens is 428 g/mol. The van der Waals surface area contributed by atoms with Crippen molar-refractivity contribution in [2.45, 2.75) is 25.4 Å². The molecule has 1 saturated heterocycles. The van der Waals surface area contributed by atoms with E-state index in [4.69, 9.17) is 13.6 Å². The number of nitrogens with zero attached hydrogens (tertiary/aromatic N) is 2. The van der Waals surface area contributed by atoms with Crippen molar-refractivity contribution in [3.8, 4) is 5.75 Å². The number of fused-ring (bicyclic) bond motifs is 2. The molecule has 3 heterocycles. The van der Waals surface area contributed by atoms with E-state index in [1.807, 2.05) is 83.8 Å². The van der Waals surface area contributed by atoms with Crippen LogP contribution in [0.1, 0.15) is 40.8 Å². The molecule has 0 radical (unpaired) electrons. The second kappa shape index (κ2) is 8.71. The van der Waals surface area contributed by atoms with Crippen LogP contribution in [0.4, 0.5) is 0 Å². The molecule has 1 aliphatic heterocycles. The van der Waals surface area contributed by atoms with E-state index in [2.05, 4.69) is 4.98 Å². The number of amides is 1. The molecule has 1 aliphatic rings. The van der Waals surface area contributed by atoms with Crippen molar-refractivity contribution in [1.29, 1.82) is 0 Å². The average Bonchev–Trinajstić information content (AvgIpc) is 3.49. The van der Waals surface area contributed by atoms with Gasteiger partial charge in [-0.25, -0.2) is 4.98 Å². The summed E-state index contributed by atoms with van der Waals surface area (Å²) >= 11 is 0. The molecule has 0 saturated carbocycles. The SMILES string of the molecule is O=C(c1oc2ccccc2c1COc1ccccc1)N1CCC(c2nc3ccccc3o2)CC1. The predicted molar refractivity (Wildman–Crippen MR) is 129 cm³/mol. The minimum atomic E-state index is -0.0983. The number of furan rings is 1. The number of piperidine rings is 1. The van der Waals surface area contributed by atoms with E-state index in [-0.39, 0.29) is 18.4 Å². The Kier molecular flexibility index (Phi) is 5.26. The topological polar surface area (TPSA) is 68.7 Å². The van der Waals surface area contributed by atoms with Gasteiger partial charge in [0.05, 0.1) is 0 Å². The fourth-order valence-electron chi connectivity index (χ4n) is 4.62. The van der Waals surface area contributed by atoms with Gasteiger partial charge < -0.3 is 18.5 Å². The zero-order chi connectivity index (χ0) is 22.9. The van der Waals surface area contributed by atoms with E-state index in [0.29, 0.717) is 24.4 Å². The van der Waals surface area contributed by atoms with Crippen molar-refractivity contribution < 1.29 is 18.4 Å². The minimum absolute atomic E-state index is 0.0983. The summed E-state index contributed by atoms with van der Waals surface area (Å²) in [4.78, 5) is 20.0. The molecule has 0 atom stereocenters. The smallest absolute Gasteiger partial charge is 0.290 e. The number of hydrogen-bond acceptors (Lipinski definition) is 5. The molecule has 170 valence electrons. The van der Waals surface area contributed by atoms with Gasteiger partial charge in [0, 0.05) is 30.0 Å². The highest BCUT2D eigenvalue weighted by molar-refractivity contribution is 5.99. The molecule has 6 rings (SSSR count). The molecule has 1 amide bonds. The predicted octanol–water partition coefficient (Wildman–Crippen LogP) is 6.17. The zero-order valence-corrected chi connectivity index (χ0v) is 18.6. The molecule has 6 heteroatoms. The van der Waals surface area contributed by atoms with Gasteiger partial charge in [-0.05, 0) is 43.2 Å². The van der Waals surface area contributed by atoms with E-state index in [9.17, 15) is 4.79 Å². The molecule has 0 bridgehead atoms. The number of likely N-dealkylation sites (tertiary alicyclic amines) is 1. The molecule has 0 N–H and O–H groups in total. The van der Waals surface area contributed by atoms with Gasteiger partial charge in [0.2, 0.25) is 0 Å². The van der Waals surface area contributed by atoms with Gasteiger partial charge in [-0.2, -0.15) is 0 Å². The Balaban J connectivity index is 1.21. The number of hydrogen-bond donors (Lipinski definition) is 0. The third-order valence-electron chi connectivity index (χ3n) is 6.46. The van der Waals surface area contributed by atoms with E-state index in [0.717, 1.165) is 46.5 Å². The highest BCUT2D eigenvalue weighted by Crippen LogP contribution is 2.33. The molecule has 6 nitrogen and oxygen atoms in total. The van der Waals surface area contributed by atoms with E-state index < -0.39 is 0 Å². The summed E-state index contributed by atoms with van der Waals surface area (Å²) in [5, 5.41) is 0.906. The Morgan fingerprint density at radius 2 is 1.59 bits per heavy atom. The number of ether oxygens (including phenoxy) is 1. The first-order chi connectivity index (χ1) is 16.8. The van der Waals surface area contributed by atoms with Gasteiger partial charge in [0.15, 0.2) is 17.2 Å². The van der Waals surface area contributed by atoms with Crippen molar-refractivity contribution in [1.82, 2.24) is 9.88 Å². The lowest BCUT2D eigenvalue weighted by Crippen LogP contribution is -2.38. The minimum Gasteiger partial charge on any atom is -0.489 e. The van der Waals surface area contributed by atoms with Crippen LogP contribution in [0.2, 0.25) is 0 Å². The molecule has 0 aliphatic carbocycles. The van der Waals surface area contributed by atoms with Crippen LogP contribution in [0.3, 0.4) is 0 Å². The van der Waals surface area contributed by atoms with Crippen molar-refractivity contribution >= 4 is 28.0 Å². The van der Waals surface area contributed by atoms with Gasteiger partial charge in [-0.15, -0.1) is 0 Å². The Bertz CT molecular complexity index is 1410. The Labute approximate surface area is 196 Å². The van der Waals surface area contributed by atoms with Crippen LogP contribution in [0, 0.1) is 0 Å². The molecule has 2 aromatic heterocycles. The summed E-state index contributed by atoms with van der Waals surface area (Å²) in [5.41, 5.74) is 3.16. The Hall–Kier alpha value is -4.06. The number of rotatable bonds is 5. The summed E-state index contributed by atoms with van der Waals surface area (Å²) in [6.07, 6.45) is 1.60. The monoisotopic (exact) mass is 452 g/mol. The summed E-state index contributed by atoms with van der Waals surface area (Å²) in [7, 11) is 0. The zero-order valence-electron chi connectivity index (χ0n) is 18.6. The molecule has 5 aromatic rings. The summed E-state index contributed by atoms with van der Waals surface area (Å²) in [6.45, 7) is 1.51. The van der Waals surface area contributed by atoms with E-state index in [1.165, 1.54) is 0 Å². The third-order valence-corrected chi connectivity index (χ3v) is 6.46. The molecular formula is C28H24N2O4. The fraction of sp³-hybridized carbons (Fsp3) is 0.214. The lowest BCUT2D eigenvalue weighted by atomic mass is 9.96. The summed E-state index contributed by atoms with van der Waals surface area (Å²) in [5.74, 6) is 1.98. The standard InChI is InChI=1S/C28H24N2O4/c31-28(30-16-14-19(15-17-30)27-29-23-11-5-7-13-25(23)34-27)26-22(18-32-20-8-2-1-3-9-20)21-10-4-6-12-24(21)33-26/h1-13,19H,14-18H2.